The van der Waals surface area contributed by atoms with Gasteiger partial charge in [0.1, 0.15) is 6.04 Å². The molecule has 0 bridgehead atoms. The van der Waals surface area contributed by atoms with Crippen LogP contribution in [0.1, 0.15) is 12.5 Å². The van der Waals surface area contributed by atoms with E-state index < -0.39 is 23.3 Å². The highest BCUT2D eigenvalue weighted by Crippen LogP contribution is 2.26. The number of H-pyrrole nitrogens is 1. The molecule has 0 aliphatic rings. The Morgan fingerprint density at radius 1 is 1.25 bits per heavy atom. The summed E-state index contributed by atoms with van der Waals surface area (Å²) in [6.07, 6.45) is 0. The summed E-state index contributed by atoms with van der Waals surface area (Å²) in [6.45, 7) is 1.65. The fourth-order valence-electron chi connectivity index (χ4n) is 2.90. The lowest BCUT2D eigenvalue weighted by Gasteiger charge is -2.27. The molecular weight excluding hydrogens is 409 g/mol. The van der Waals surface area contributed by atoms with E-state index in [1.165, 1.54) is 28.0 Å². The average Bonchev–Trinajstić information content (AvgIpc) is 2.98. The maximum absolute atomic E-state index is 12.3. The van der Waals surface area contributed by atoms with Crippen molar-refractivity contribution in [2.24, 2.45) is 14.1 Å². The Morgan fingerprint density at radius 3 is 2.54 bits per heavy atom. The number of nitrogens with zero attached hydrogens (tertiary/aromatic N) is 4. The van der Waals surface area contributed by atoms with Crippen LogP contribution in [-0.4, -0.2) is 36.2 Å². The monoisotopic (exact) mass is 425 g/mol. The van der Waals surface area contributed by atoms with Crippen molar-refractivity contribution in [2.45, 2.75) is 19.5 Å². The van der Waals surface area contributed by atoms with Gasteiger partial charge in [0.25, 0.3) is 5.56 Å². The zero-order valence-corrected chi connectivity index (χ0v) is 16.7. The first-order valence-corrected chi connectivity index (χ1v) is 8.96. The van der Waals surface area contributed by atoms with E-state index in [1.807, 2.05) is 0 Å². The van der Waals surface area contributed by atoms with E-state index >= 15 is 0 Å². The Balaban J connectivity index is 2.19. The average molecular weight is 426 g/mol. The summed E-state index contributed by atoms with van der Waals surface area (Å²) >= 11 is 12.0. The smallest absolute Gasteiger partial charge is 0.329 e. The number of fused-ring (bicyclic) bond motifs is 1. The molecule has 28 heavy (non-hydrogen) atoms. The number of carboxylic acids is 1. The van der Waals surface area contributed by atoms with Crippen LogP contribution in [0.5, 0.6) is 0 Å². The molecule has 1 atom stereocenters. The third-order valence-electron chi connectivity index (χ3n) is 4.53. The highest BCUT2D eigenvalue weighted by Gasteiger charge is 2.27. The van der Waals surface area contributed by atoms with Gasteiger partial charge in [-0.1, -0.05) is 29.3 Å². The molecule has 0 aliphatic carbocycles. The van der Waals surface area contributed by atoms with Gasteiger partial charge < -0.3 is 14.6 Å². The summed E-state index contributed by atoms with van der Waals surface area (Å²) in [5.74, 6) is -0.849. The summed E-state index contributed by atoms with van der Waals surface area (Å²) in [6, 6.07) is 4.00. The molecule has 0 unspecified atom stereocenters. The van der Waals surface area contributed by atoms with Gasteiger partial charge in [-0.15, -0.1) is 0 Å². The fraction of sp³-hybridized carbons (Fsp3) is 0.294. The summed E-state index contributed by atoms with van der Waals surface area (Å²) in [5, 5.41) is 10.3. The van der Waals surface area contributed by atoms with Gasteiger partial charge in [0.05, 0.1) is 10.0 Å². The number of halogens is 2. The molecule has 0 spiro atoms. The molecule has 148 valence electrons. The number of carbonyl (C=O) groups is 1. The number of hydrogen-bond donors (Lipinski definition) is 2. The first kappa shape index (κ1) is 20.0. The maximum Gasteiger partial charge on any atom is 0.329 e. The van der Waals surface area contributed by atoms with Crippen LogP contribution in [0.25, 0.3) is 11.2 Å². The van der Waals surface area contributed by atoms with Crippen molar-refractivity contribution in [1.29, 1.82) is 0 Å². The van der Waals surface area contributed by atoms with Crippen molar-refractivity contribution in [2.75, 3.05) is 4.90 Å². The minimum atomic E-state index is -1.07. The van der Waals surface area contributed by atoms with Crippen molar-refractivity contribution < 1.29 is 9.90 Å². The molecule has 3 aromatic rings. The van der Waals surface area contributed by atoms with E-state index in [2.05, 4.69) is 9.97 Å². The third-order valence-corrected chi connectivity index (χ3v) is 5.27. The van der Waals surface area contributed by atoms with Crippen LogP contribution in [0, 0.1) is 0 Å². The number of benzene rings is 1. The van der Waals surface area contributed by atoms with Crippen molar-refractivity contribution in [3.8, 4) is 0 Å². The Labute approximate surface area is 168 Å². The lowest BCUT2D eigenvalue weighted by Crippen LogP contribution is -2.40. The summed E-state index contributed by atoms with van der Waals surface area (Å²) < 4.78 is 2.66. The lowest BCUT2D eigenvalue weighted by molar-refractivity contribution is -0.138. The van der Waals surface area contributed by atoms with Gasteiger partial charge in [0.15, 0.2) is 11.2 Å². The normalized spacial score (nSPS) is 12.3. The molecule has 3 rings (SSSR count). The largest absolute Gasteiger partial charge is 0.480 e. The molecule has 0 radical (unpaired) electrons. The Kier molecular flexibility index (Phi) is 5.22. The number of carboxylic acid groups (broad SMARTS) is 1. The number of anilines is 1. The topological polar surface area (TPSA) is 113 Å². The number of imidazole rings is 1. The predicted molar refractivity (Wildman–Crippen MR) is 106 cm³/mol. The number of hydrogen-bond acceptors (Lipinski definition) is 5. The van der Waals surface area contributed by atoms with Crippen molar-refractivity contribution in [3.63, 3.8) is 0 Å². The molecule has 2 heterocycles. The molecule has 0 saturated heterocycles. The van der Waals surface area contributed by atoms with E-state index in [9.17, 15) is 19.5 Å². The number of aromatic amines is 1. The minimum Gasteiger partial charge on any atom is -0.480 e. The minimum absolute atomic E-state index is 0.146. The Bertz CT molecular complexity index is 1200. The van der Waals surface area contributed by atoms with Crippen LogP contribution >= 0.6 is 23.2 Å². The van der Waals surface area contributed by atoms with Crippen LogP contribution in [0.2, 0.25) is 10.0 Å². The number of aryl methyl sites for hydroxylation is 2. The molecule has 0 saturated carbocycles. The predicted octanol–water partition coefficient (Wildman–Crippen LogP) is 1.75. The van der Waals surface area contributed by atoms with Gasteiger partial charge in [-0.3, -0.25) is 14.3 Å². The summed E-state index contributed by atoms with van der Waals surface area (Å²) in [4.78, 5) is 43.9. The molecular formula is C17H17Cl2N5O4. The molecule has 2 aromatic heterocycles. The van der Waals surface area contributed by atoms with Crippen LogP contribution in [0.4, 0.5) is 5.95 Å². The van der Waals surface area contributed by atoms with Gasteiger partial charge in [0.2, 0.25) is 5.95 Å². The molecule has 0 fully saturated rings. The zero-order chi connectivity index (χ0) is 20.7. The van der Waals surface area contributed by atoms with Gasteiger partial charge >= 0.3 is 11.7 Å². The summed E-state index contributed by atoms with van der Waals surface area (Å²) in [7, 11) is 3.06. The molecule has 0 amide bonds. The number of nitrogens with one attached hydrogen (secondary N) is 1. The van der Waals surface area contributed by atoms with Crippen LogP contribution in [0.3, 0.4) is 0 Å². The van der Waals surface area contributed by atoms with Crippen LogP contribution in [0.15, 0.2) is 27.8 Å². The second-order valence-corrected chi connectivity index (χ2v) is 7.17. The van der Waals surface area contributed by atoms with E-state index in [0.717, 1.165) is 0 Å². The number of rotatable bonds is 5. The van der Waals surface area contributed by atoms with E-state index in [4.69, 9.17) is 23.2 Å². The van der Waals surface area contributed by atoms with E-state index in [-0.39, 0.29) is 23.7 Å². The molecule has 0 aliphatic heterocycles. The van der Waals surface area contributed by atoms with E-state index in [1.54, 1.807) is 25.2 Å². The Hall–Kier alpha value is -2.78. The van der Waals surface area contributed by atoms with E-state index in [0.29, 0.717) is 15.6 Å². The summed E-state index contributed by atoms with van der Waals surface area (Å²) in [5.41, 5.74) is -0.185. The lowest BCUT2D eigenvalue weighted by atomic mass is 10.2. The van der Waals surface area contributed by atoms with Gasteiger partial charge in [0, 0.05) is 20.6 Å². The zero-order valence-electron chi connectivity index (χ0n) is 15.2. The van der Waals surface area contributed by atoms with Crippen molar-refractivity contribution in [1.82, 2.24) is 19.1 Å². The number of aliphatic carboxylic acids is 1. The van der Waals surface area contributed by atoms with Crippen LogP contribution in [-0.2, 0) is 25.4 Å². The molecule has 1 aromatic carbocycles. The Morgan fingerprint density at radius 2 is 1.93 bits per heavy atom. The molecule has 9 nitrogen and oxygen atoms in total. The highest BCUT2D eigenvalue weighted by atomic mass is 35.5. The van der Waals surface area contributed by atoms with Crippen molar-refractivity contribution in [3.05, 3.63) is 54.6 Å². The second kappa shape index (κ2) is 7.33. The molecule has 11 heteroatoms. The maximum atomic E-state index is 12.3. The van der Waals surface area contributed by atoms with Crippen molar-refractivity contribution >= 4 is 46.3 Å². The molecule has 2 N–H and O–H groups in total. The quantitative estimate of drug-likeness (QED) is 0.643. The first-order valence-electron chi connectivity index (χ1n) is 8.21. The SMILES string of the molecule is C[C@H](C(=O)O)N(Cc1ccc(Cl)c(Cl)c1)c1nc2c(c(=O)[nH]c(=O)n2C)n1C. The fourth-order valence-corrected chi connectivity index (χ4v) is 3.22. The van der Waals surface area contributed by atoms with Gasteiger partial charge in [-0.2, -0.15) is 4.98 Å². The number of aromatic nitrogens is 4. The highest BCUT2D eigenvalue weighted by molar-refractivity contribution is 6.42. The third kappa shape index (κ3) is 3.38. The first-order chi connectivity index (χ1) is 13.1. The standard InChI is InChI=1S/C17H17Cl2N5O4/c1-8(15(26)27)24(7-9-4-5-10(18)11(19)6-9)16-20-13-12(22(16)2)14(25)21-17(28)23(13)3/h4-6,8H,7H2,1-3H3,(H,26,27)(H,21,25,28)/t8-/m1/s1. The second-order valence-electron chi connectivity index (χ2n) is 6.35. The van der Waals surface area contributed by atoms with Gasteiger partial charge in [-0.25, -0.2) is 9.59 Å². The van der Waals surface area contributed by atoms with Gasteiger partial charge in [-0.05, 0) is 24.6 Å². The van der Waals surface area contributed by atoms with Crippen LogP contribution < -0.4 is 16.1 Å².